The number of benzene rings is 1. The van der Waals surface area contributed by atoms with Gasteiger partial charge in [-0.05, 0) is 86.7 Å². The molecule has 1 atom stereocenters. The van der Waals surface area contributed by atoms with E-state index in [0.717, 1.165) is 53.5 Å². The fourth-order valence-electron chi connectivity index (χ4n) is 6.99. The SMILES string of the molecule is CN(CC12CC3CC(CC(C3)C1)C2)C(=O)c1ccccc1SCC1CCCO1. The van der Waals surface area contributed by atoms with Gasteiger partial charge in [-0.25, -0.2) is 0 Å². The van der Waals surface area contributed by atoms with Crippen molar-refractivity contribution in [3.05, 3.63) is 29.8 Å². The van der Waals surface area contributed by atoms with Crippen molar-refractivity contribution in [3.63, 3.8) is 0 Å². The minimum Gasteiger partial charge on any atom is -0.377 e. The molecule has 1 aliphatic heterocycles. The summed E-state index contributed by atoms with van der Waals surface area (Å²) in [6, 6.07) is 8.16. The summed E-state index contributed by atoms with van der Waals surface area (Å²) in [5.74, 6) is 3.95. The van der Waals surface area contributed by atoms with Gasteiger partial charge in [0.05, 0.1) is 11.7 Å². The molecular formula is C24H33NO2S. The summed E-state index contributed by atoms with van der Waals surface area (Å²) in [6.07, 6.45) is 11.1. The first-order chi connectivity index (χ1) is 13.6. The molecule has 0 N–H and O–H groups in total. The van der Waals surface area contributed by atoms with Gasteiger partial charge in [0.1, 0.15) is 0 Å². The first-order valence-corrected chi connectivity index (χ1v) is 12.2. The number of amides is 1. The Hall–Kier alpha value is -1.00. The number of hydrogen-bond acceptors (Lipinski definition) is 3. The Bertz CT molecular complexity index is 692. The average molecular weight is 400 g/mol. The molecule has 1 aromatic carbocycles. The van der Waals surface area contributed by atoms with Crippen LogP contribution in [0.2, 0.25) is 0 Å². The number of nitrogens with zero attached hydrogens (tertiary/aromatic N) is 1. The molecule has 1 amide bonds. The maximum atomic E-state index is 13.4. The third-order valence-corrected chi connectivity index (χ3v) is 8.86. The number of ether oxygens (including phenoxy) is 1. The van der Waals surface area contributed by atoms with E-state index in [1.807, 2.05) is 30.1 Å². The summed E-state index contributed by atoms with van der Waals surface area (Å²) in [5.41, 5.74) is 1.27. The van der Waals surface area contributed by atoms with Gasteiger partial charge in [-0.15, -0.1) is 11.8 Å². The molecule has 4 heteroatoms. The van der Waals surface area contributed by atoms with Crippen LogP contribution in [0.1, 0.15) is 61.7 Å². The second-order valence-corrected chi connectivity index (χ2v) is 11.1. The topological polar surface area (TPSA) is 29.5 Å². The number of hydrogen-bond donors (Lipinski definition) is 0. The third kappa shape index (κ3) is 3.75. The lowest BCUT2D eigenvalue weighted by molar-refractivity contribution is -0.0629. The lowest BCUT2D eigenvalue weighted by Gasteiger charge is -2.57. The Morgan fingerprint density at radius 1 is 1.14 bits per heavy atom. The highest BCUT2D eigenvalue weighted by Crippen LogP contribution is 2.60. The molecule has 1 heterocycles. The van der Waals surface area contributed by atoms with Crippen molar-refractivity contribution in [2.75, 3.05) is 26.0 Å². The first-order valence-electron chi connectivity index (χ1n) is 11.2. The molecular weight excluding hydrogens is 366 g/mol. The van der Waals surface area contributed by atoms with E-state index in [1.165, 1.54) is 44.9 Å². The summed E-state index contributed by atoms with van der Waals surface area (Å²) in [5, 5.41) is 0. The molecule has 152 valence electrons. The van der Waals surface area contributed by atoms with Crippen LogP contribution in [0.4, 0.5) is 0 Å². The molecule has 0 aromatic heterocycles. The van der Waals surface area contributed by atoms with Crippen LogP contribution in [-0.4, -0.2) is 42.9 Å². The van der Waals surface area contributed by atoms with E-state index in [4.69, 9.17) is 4.74 Å². The van der Waals surface area contributed by atoms with Crippen LogP contribution in [0, 0.1) is 23.2 Å². The monoisotopic (exact) mass is 399 g/mol. The molecule has 5 aliphatic rings. The lowest BCUT2D eigenvalue weighted by atomic mass is 9.49. The van der Waals surface area contributed by atoms with Crippen LogP contribution in [0.3, 0.4) is 0 Å². The fraction of sp³-hybridized carbons (Fsp3) is 0.708. The lowest BCUT2D eigenvalue weighted by Crippen LogP contribution is -2.51. The predicted octanol–water partition coefficient (Wildman–Crippen LogP) is 5.25. The van der Waals surface area contributed by atoms with Gasteiger partial charge in [-0.1, -0.05) is 12.1 Å². The zero-order valence-corrected chi connectivity index (χ0v) is 17.9. The van der Waals surface area contributed by atoms with E-state index < -0.39 is 0 Å². The normalized spacial score (nSPS) is 36.0. The Morgan fingerprint density at radius 2 is 1.82 bits per heavy atom. The Morgan fingerprint density at radius 3 is 2.46 bits per heavy atom. The van der Waals surface area contributed by atoms with E-state index >= 15 is 0 Å². The third-order valence-electron chi connectivity index (χ3n) is 7.65. The van der Waals surface area contributed by atoms with E-state index in [9.17, 15) is 4.79 Å². The van der Waals surface area contributed by atoms with Crippen molar-refractivity contribution in [1.82, 2.24) is 4.90 Å². The molecule has 0 spiro atoms. The van der Waals surface area contributed by atoms with Gasteiger partial charge in [-0.2, -0.15) is 0 Å². The highest BCUT2D eigenvalue weighted by molar-refractivity contribution is 7.99. The van der Waals surface area contributed by atoms with Gasteiger partial charge in [0.2, 0.25) is 0 Å². The second kappa shape index (κ2) is 7.68. The number of thioether (sulfide) groups is 1. The smallest absolute Gasteiger partial charge is 0.254 e. The number of carbonyl (C=O) groups is 1. The predicted molar refractivity (Wildman–Crippen MR) is 114 cm³/mol. The van der Waals surface area contributed by atoms with Crippen LogP contribution in [-0.2, 0) is 4.74 Å². The van der Waals surface area contributed by atoms with Crippen molar-refractivity contribution in [2.45, 2.75) is 62.4 Å². The van der Waals surface area contributed by atoms with Crippen LogP contribution in [0.25, 0.3) is 0 Å². The maximum Gasteiger partial charge on any atom is 0.254 e. The highest BCUT2D eigenvalue weighted by atomic mass is 32.2. The second-order valence-electron chi connectivity index (χ2n) is 10.0. The minimum absolute atomic E-state index is 0.200. The van der Waals surface area contributed by atoms with Gasteiger partial charge in [0.25, 0.3) is 5.91 Å². The van der Waals surface area contributed by atoms with Gasteiger partial charge in [0, 0.05) is 30.8 Å². The first kappa shape index (κ1) is 19.0. The van der Waals surface area contributed by atoms with Crippen molar-refractivity contribution < 1.29 is 9.53 Å². The molecule has 6 rings (SSSR count). The Kier molecular flexibility index (Phi) is 5.21. The van der Waals surface area contributed by atoms with Crippen LogP contribution >= 0.6 is 11.8 Å². The van der Waals surface area contributed by atoms with E-state index in [-0.39, 0.29) is 5.91 Å². The largest absolute Gasteiger partial charge is 0.377 e. The van der Waals surface area contributed by atoms with Crippen LogP contribution in [0.15, 0.2) is 29.2 Å². The fourth-order valence-corrected chi connectivity index (χ4v) is 8.11. The van der Waals surface area contributed by atoms with Crippen molar-refractivity contribution in [2.24, 2.45) is 23.2 Å². The summed E-state index contributed by atoms with van der Waals surface area (Å²) in [6.45, 7) is 1.83. The molecule has 28 heavy (non-hydrogen) atoms. The van der Waals surface area contributed by atoms with Gasteiger partial charge in [-0.3, -0.25) is 4.79 Å². The molecule has 3 nitrogen and oxygen atoms in total. The summed E-state index contributed by atoms with van der Waals surface area (Å²) < 4.78 is 5.77. The van der Waals surface area contributed by atoms with Gasteiger partial charge < -0.3 is 9.64 Å². The van der Waals surface area contributed by atoms with Crippen molar-refractivity contribution in [1.29, 1.82) is 0 Å². The highest BCUT2D eigenvalue weighted by Gasteiger charge is 2.51. The molecule has 1 unspecified atom stereocenters. The summed E-state index contributed by atoms with van der Waals surface area (Å²) in [7, 11) is 2.03. The maximum absolute atomic E-state index is 13.4. The zero-order chi connectivity index (χ0) is 19.1. The molecule has 4 bridgehead atoms. The molecule has 4 saturated carbocycles. The van der Waals surface area contributed by atoms with Crippen molar-refractivity contribution >= 4 is 17.7 Å². The van der Waals surface area contributed by atoms with E-state index in [1.54, 1.807) is 11.8 Å². The number of carbonyl (C=O) groups excluding carboxylic acids is 1. The summed E-state index contributed by atoms with van der Waals surface area (Å²) in [4.78, 5) is 16.5. The Balaban J connectivity index is 1.27. The summed E-state index contributed by atoms with van der Waals surface area (Å²) >= 11 is 1.79. The van der Waals surface area contributed by atoms with Crippen LogP contribution < -0.4 is 0 Å². The van der Waals surface area contributed by atoms with E-state index in [2.05, 4.69) is 6.07 Å². The van der Waals surface area contributed by atoms with Crippen LogP contribution in [0.5, 0.6) is 0 Å². The quantitative estimate of drug-likeness (QED) is 0.612. The molecule has 5 fully saturated rings. The Labute approximate surface area is 173 Å². The van der Waals surface area contributed by atoms with Crippen molar-refractivity contribution in [3.8, 4) is 0 Å². The van der Waals surface area contributed by atoms with Gasteiger partial charge >= 0.3 is 0 Å². The van der Waals surface area contributed by atoms with E-state index in [0.29, 0.717) is 11.5 Å². The standard InChI is InChI=1S/C24H33NO2S/c1-25(16-24-12-17-9-18(13-24)11-19(10-17)14-24)23(26)21-6-2-3-7-22(21)28-15-20-5-4-8-27-20/h2-3,6-7,17-20H,4-5,8-16H2,1H3. The molecule has 0 radical (unpaired) electrons. The zero-order valence-electron chi connectivity index (χ0n) is 17.1. The molecule has 1 aromatic rings. The number of rotatable bonds is 6. The van der Waals surface area contributed by atoms with Gasteiger partial charge in [0.15, 0.2) is 0 Å². The average Bonchev–Trinajstić information content (AvgIpc) is 3.18. The molecule has 4 aliphatic carbocycles. The minimum atomic E-state index is 0.200. The molecule has 1 saturated heterocycles.